The number of fused-ring (bicyclic) bond motifs is 2. The van der Waals surface area contributed by atoms with Gasteiger partial charge in [0.15, 0.2) is 0 Å². The summed E-state index contributed by atoms with van der Waals surface area (Å²) >= 11 is 0. The number of aromatic nitrogens is 5. The van der Waals surface area contributed by atoms with Gasteiger partial charge in [0.2, 0.25) is 0 Å². The number of nitrogens with one attached hydrogen (secondary N) is 3. The van der Waals surface area contributed by atoms with Gasteiger partial charge < -0.3 is 10.3 Å². The standard InChI is InChI=1S/C26H26N6/c1-2-5-17(4-1)13-27-14-18-10-20(16-28-15-18)19-7-8-22-21(11-19)26(32-31-22)25-12-24-23(30-25)6-3-9-29-24/h3,6-12,15-17,27,30H,1-2,4-5,13-14H2,(H,31,32). The highest BCUT2D eigenvalue weighted by Gasteiger charge is 2.15. The van der Waals surface area contributed by atoms with E-state index in [0.717, 1.165) is 63.5 Å². The van der Waals surface area contributed by atoms with E-state index in [9.17, 15) is 0 Å². The van der Waals surface area contributed by atoms with Gasteiger partial charge >= 0.3 is 0 Å². The lowest BCUT2D eigenvalue weighted by molar-refractivity contribution is 0.489. The average molecular weight is 423 g/mol. The fourth-order valence-corrected chi connectivity index (χ4v) is 4.86. The minimum Gasteiger partial charge on any atom is -0.352 e. The monoisotopic (exact) mass is 422 g/mol. The van der Waals surface area contributed by atoms with Crippen molar-refractivity contribution in [1.82, 2.24) is 30.5 Å². The van der Waals surface area contributed by atoms with E-state index in [4.69, 9.17) is 0 Å². The molecule has 32 heavy (non-hydrogen) atoms. The molecule has 6 heteroatoms. The van der Waals surface area contributed by atoms with Crippen LogP contribution < -0.4 is 5.32 Å². The van der Waals surface area contributed by atoms with Crippen LogP contribution in [0.4, 0.5) is 0 Å². The second-order valence-corrected chi connectivity index (χ2v) is 8.82. The summed E-state index contributed by atoms with van der Waals surface area (Å²) in [5.74, 6) is 0.841. The maximum absolute atomic E-state index is 4.58. The SMILES string of the molecule is c1cnc2cc(-c3n[nH]c4ccc(-c5cncc(CNCC6CCCC6)c5)cc34)[nH]c2c1. The van der Waals surface area contributed by atoms with E-state index in [1.807, 2.05) is 30.7 Å². The molecule has 0 atom stereocenters. The van der Waals surface area contributed by atoms with Crippen LogP contribution >= 0.6 is 0 Å². The summed E-state index contributed by atoms with van der Waals surface area (Å²) in [6.07, 6.45) is 11.2. The molecule has 1 fully saturated rings. The first kappa shape index (κ1) is 19.2. The van der Waals surface area contributed by atoms with Crippen molar-refractivity contribution in [3.8, 4) is 22.5 Å². The van der Waals surface area contributed by atoms with Crippen molar-refractivity contribution in [3.63, 3.8) is 0 Å². The second kappa shape index (κ2) is 8.20. The van der Waals surface area contributed by atoms with Gasteiger partial charge in [-0.05, 0) is 72.8 Å². The Hall–Kier alpha value is -3.51. The number of aromatic amines is 2. The minimum absolute atomic E-state index is 0.841. The van der Waals surface area contributed by atoms with Crippen LogP contribution in [0.2, 0.25) is 0 Å². The molecule has 0 amide bonds. The lowest BCUT2D eigenvalue weighted by Gasteiger charge is -2.11. The number of hydrogen-bond donors (Lipinski definition) is 3. The fourth-order valence-electron chi connectivity index (χ4n) is 4.86. The third-order valence-electron chi connectivity index (χ3n) is 6.57. The van der Waals surface area contributed by atoms with Gasteiger partial charge in [0.25, 0.3) is 0 Å². The zero-order chi connectivity index (χ0) is 21.3. The van der Waals surface area contributed by atoms with E-state index >= 15 is 0 Å². The van der Waals surface area contributed by atoms with Crippen LogP contribution in [0, 0.1) is 5.92 Å². The lowest BCUT2D eigenvalue weighted by atomic mass is 10.0. The number of rotatable bonds is 6. The molecule has 0 bridgehead atoms. The molecule has 0 spiro atoms. The molecule has 3 N–H and O–H groups in total. The van der Waals surface area contributed by atoms with E-state index in [0.29, 0.717) is 0 Å². The summed E-state index contributed by atoms with van der Waals surface area (Å²) in [6.45, 7) is 1.96. The zero-order valence-corrected chi connectivity index (χ0v) is 17.9. The quantitative estimate of drug-likeness (QED) is 0.340. The van der Waals surface area contributed by atoms with Gasteiger partial charge in [0.05, 0.1) is 22.2 Å². The van der Waals surface area contributed by atoms with Crippen LogP contribution in [0.1, 0.15) is 31.2 Å². The maximum atomic E-state index is 4.58. The van der Waals surface area contributed by atoms with Crippen LogP contribution in [0.25, 0.3) is 44.5 Å². The number of H-pyrrole nitrogens is 2. The van der Waals surface area contributed by atoms with Gasteiger partial charge in [0, 0.05) is 36.1 Å². The van der Waals surface area contributed by atoms with E-state index in [2.05, 4.69) is 60.8 Å². The molecule has 1 saturated carbocycles. The molecular weight excluding hydrogens is 396 g/mol. The van der Waals surface area contributed by atoms with E-state index in [-0.39, 0.29) is 0 Å². The largest absolute Gasteiger partial charge is 0.352 e. The molecule has 1 aliphatic carbocycles. The first-order valence-electron chi connectivity index (χ1n) is 11.4. The molecule has 4 heterocycles. The summed E-state index contributed by atoms with van der Waals surface area (Å²) in [6, 6.07) is 14.7. The van der Waals surface area contributed by atoms with Crippen molar-refractivity contribution in [2.24, 2.45) is 5.92 Å². The summed E-state index contributed by atoms with van der Waals surface area (Å²) < 4.78 is 0. The summed E-state index contributed by atoms with van der Waals surface area (Å²) in [4.78, 5) is 12.4. The summed E-state index contributed by atoms with van der Waals surface area (Å²) in [5.41, 5.74) is 8.31. The number of nitrogens with zero attached hydrogens (tertiary/aromatic N) is 3. The third-order valence-corrected chi connectivity index (χ3v) is 6.57. The molecule has 5 aromatic rings. The van der Waals surface area contributed by atoms with Crippen LogP contribution in [-0.4, -0.2) is 31.7 Å². The summed E-state index contributed by atoms with van der Waals surface area (Å²) in [5, 5.41) is 12.4. The smallest absolute Gasteiger partial charge is 0.116 e. The Bertz CT molecular complexity index is 1340. The topological polar surface area (TPSA) is 82.3 Å². The molecule has 0 aliphatic heterocycles. The van der Waals surface area contributed by atoms with Gasteiger partial charge in [-0.2, -0.15) is 5.10 Å². The molecule has 0 radical (unpaired) electrons. The first-order chi connectivity index (χ1) is 15.8. The third kappa shape index (κ3) is 3.67. The average Bonchev–Trinajstić information content (AvgIpc) is 3.58. The Morgan fingerprint density at radius 3 is 2.81 bits per heavy atom. The van der Waals surface area contributed by atoms with Crippen LogP contribution in [-0.2, 0) is 6.54 Å². The molecule has 0 unspecified atom stereocenters. The van der Waals surface area contributed by atoms with E-state index in [1.165, 1.54) is 31.2 Å². The number of pyridine rings is 2. The molecule has 6 nitrogen and oxygen atoms in total. The predicted molar refractivity (Wildman–Crippen MR) is 128 cm³/mol. The number of benzene rings is 1. The predicted octanol–water partition coefficient (Wildman–Crippen LogP) is 5.45. The maximum Gasteiger partial charge on any atom is 0.116 e. The van der Waals surface area contributed by atoms with Gasteiger partial charge in [-0.25, -0.2) is 0 Å². The van der Waals surface area contributed by atoms with Crippen molar-refractivity contribution in [2.75, 3.05) is 6.54 Å². The Labute approximate surface area is 186 Å². The Morgan fingerprint density at radius 2 is 1.91 bits per heavy atom. The molecule has 1 aliphatic rings. The van der Waals surface area contributed by atoms with Crippen molar-refractivity contribution in [1.29, 1.82) is 0 Å². The minimum atomic E-state index is 0.841. The molecule has 6 rings (SSSR count). The van der Waals surface area contributed by atoms with Crippen molar-refractivity contribution >= 4 is 21.9 Å². The molecule has 0 saturated heterocycles. The van der Waals surface area contributed by atoms with E-state index < -0.39 is 0 Å². The highest BCUT2D eigenvalue weighted by Crippen LogP contribution is 2.31. The Balaban J connectivity index is 1.28. The Kier molecular flexibility index (Phi) is 4.92. The lowest BCUT2D eigenvalue weighted by Crippen LogP contribution is -2.20. The highest BCUT2D eigenvalue weighted by atomic mass is 15.1. The molecule has 160 valence electrons. The van der Waals surface area contributed by atoms with Crippen molar-refractivity contribution < 1.29 is 0 Å². The van der Waals surface area contributed by atoms with Crippen LogP contribution in [0.15, 0.2) is 61.1 Å². The molecular formula is C26H26N6. The second-order valence-electron chi connectivity index (χ2n) is 8.82. The van der Waals surface area contributed by atoms with Gasteiger partial charge in [-0.1, -0.05) is 18.9 Å². The zero-order valence-electron chi connectivity index (χ0n) is 17.9. The summed E-state index contributed by atoms with van der Waals surface area (Å²) in [7, 11) is 0. The normalized spacial score (nSPS) is 14.6. The Morgan fingerprint density at radius 1 is 0.969 bits per heavy atom. The van der Waals surface area contributed by atoms with E-state index in [1.54, 1.807) is 0 Å². The molecule has 4 aromatic heterocycles. The fraction of sp³-hybridized carbons (Fsp3) is 0.269. The highest BCUT2D eigenvalue weighted by molar-refractivity contribution is 5.97. The number of hydrogen-bond acceptors (Lipinski definition) is 4. The van der Waals surface area contributed by atoms with Crippen LogP contribution in [0.5, 0.6) is 0 Å². The van der Waals surface area contributed by atoms with Gasteiger partial charge in [0.1, 0.15) is 5.69 Å². The van der Waals surface area contributed by atoms with Crippen molar-refractivity contribution in [3.05, 3.63) is 66.6 Å². The van der Waals surface area contributed by atoms with Gasteiger partial charge in [-0.3, -0.25) is 15.1 Å². The first-order valence-corrected chi connectivity index (χ1v) is 11.4. The van der Waals surface area contributed by atoms with Crippen LogP contribution in [0.3, 0.4) is 0 Å². The van der Waals surface area contributed by atoms with Crippen molar-refractivity contribution in [2.45, 2.75) is 32.2 Å². The molecule has 1 aromatic carbocycles. The van der Waals surface area contributed by atoms with Gasteiger partial charge in [-0.15, -0.1) is 0 Å².